The van der Waals surface area contributed by atoms with Crippen LogP contribution in [0.3, 0.4) is 0 Å². The zero-order chi connectivity index (χ0) is 25.8. The second-order valence-corrected chi connectivity index (χ2v) is 10.2. The fourth-order valence-corrected chi connectivity index (χ4v) is 5.48. The Morgan fingerprint density at radius 2 is 1.69 bits per heavy atom. The Labute approximate surface area is 226 Å². The molecule has 0 aliphatic heterocycles. The summed E-state index contributed by atoms with van der Waals surface area (Å²) in [5.41, 5.74) is 2.32. The molecule has 0 spiro atoms. The summed E-state index contributed by atoms with van der Waals surface area (Å²) in [4.78, 5) is 14.2. The molecular formula is C30H36Cl3NO. The molecule has 1 saturated carbocycles. The summed E-state index contributed by atoms with van der Waals surface area (Å²) in [6.45, 7) is 9.45. The normalized spacial score (nSPS) is 22.3. The molecule has 1 aliphatic carbocycles. The van der Waals surface area contributed by atoms with Gasteiger partial charge >= 0.3 is 0 Å². The summed E-state index contributed by atoms with van der Waals surface area (Å²) in [6.07, 6.45) is 12.5. The van der Waals surface area contributed by atoms with Crippen LogP contribution in [0.15, 0.2) is 79.4 Å². The lowest BCUT2D eigenvalue weighted by Gasteiger charge is -2.43. The minimum absolute atomic E-state index is 0.0389. The Balaban J connectivity index is 0.000000540. The van der Waals surface area contributed by atoms with Crippen molar-refractivity contribution in [2.24, 2.45) is 11.8 Å². The molecule has 3 rings (SSSR count). The van der Waals surface area contributed by atoms with E-state index in [1.54, 1.807) is 6.08 Å². The summed E-state index contributed by atoms with van der Waals surface area (Å²) in [5, 5.41) is 2.05. The first kappa shape index (κ1) is 29.4. The van der Waals surface area contributed by atoms with Gasteiger partial charge in [0.25, 0.3) is 0 Å². The molecule has 5 heteroatoms. The summed E-state index contributed by atoms with van der Waals surface area (Å²) in [6, 6.07) is 13.8. The van der Waals surface area contributed by atoms with Crippen LogP contribution in [0.2, 0.25) is 15.1 Å². The van der Waals surface area contributed by atoms with E-state index in [4.69, 9.17) is 34.8 Å². The van der Waals surface area contributed by atoms with Crippen LogP contribution < -0.4 is 0 Å². The van der Waals surface area contributed by atoms with Crippen LogP contribution in [0, 0.1) is 11.8 Å². The van der Waals surface area contributed by atoms with E-state index in [1.165, 1.54) is 5.56 Å². The lowest BCUT2D eigenvalue weighted by molar-refractivity contribution is -0.114. The van der Waals surface area contributed by atoms with Gasteiger partial charge in [0.1, 0.15) is 6.29 Å². The Hall–Kier alpha value is -1.84. The smallest absolute Gasteiger partial charge is 0.123 e. The first-order valence-corrected chi connectivity index (χ1v) is 13.2. The molecule has 4 atom stereocenters. The minimum Gasteiger partial charge on any atom is -0.306 e. The van der Waals surface area contributed by atoms with Crippen molar-refractivity contribution < 1.29 is 4.79 Å². The number of benzene rings is 2. The molecule has 1 aliphatic rings. The highest BCUT2D eigenvalue weighted by Crippen LogP contribution is 2.51. The van der Waals surface area contributed by atoms with Gasteiger partial charge in [-0.1, -0.05) is 96.9 Å². The maximum atomic E-state index is 11.9. The standard InChI is InChI=1S/C23H26Cl3NO.C7H10/c1-3-27(2)13-21-16(14-28)6-10-20(19-11-9-18(25)12-22(19)26)23(21)15-4-7-17(24)8-5-15;1-3-5-7-6-4-2/h4-5,7-9,11-12,14,16,20-21,23H,3,6,10,13H2,1-2H3;3-7H,1H2,2H3/b;6-4-,7-5-. The molecule has 1 fully saturated rings. The van der Waals surface area contributed by atoms with Crippen LogP contribution in [0.4, 0.5) is 0 Å². The molecule has 2 aromatic carbocycles. The highest BCUT2D eigenvalue weighted by atomic mass is 35.5. The van der Waals surface area contributed by atoms with E-state index in [9.17, 15) is 4.79 Å². The second kappa shape index (κ2) is 15.3. The Kier molecular flexibility index (Phi) is 12.9. The largest absolute Gasteiger partial charge is 0.306 e. The monoisotopic (exact) mass is 531 g/mol. The van der Waals surface area contributed by atoms with E-state index in [0.717, 1.165) is 42.8 Å². The van der Waals surface area contributed by atoms with Crippen molar-refractivity contribution in [2.75, 3.05) is 20.1 Å². The van der Waals surface area contributed by atoms with Gasteiger partial charge in [0, 0.05) is 27.5 Å². The molecule has 0 N–H and O–H groups in total. The second-order valence-electron chi connectivity index (χ2n) is 8.89. The Bertz CT molecular complexity index is 999. The third-order valence-electron chi connectivity index (χ3n) is 6.66. The van der Waals surface area contributed by atoms with E-state index < -0.39 is 0 Å². The number of rotatable bonds is 8. The zero-order valence-electron chi connectivity index (χ0n) is 20.8. The summed E-state index contributed by atoms with van der Waals surface area (Å²) in [7, 11) is 2.11. The predicted octanol–water partition coefficient (Wildman–Crippen LogP) is 9.00. The SMILES string of the molecule is C=C/C=C\C=C/C.CCN(C)CC1C(C=O)CCC(c2ccc(Cl)cc2Cl)C1c1ccc(Cl)cc1. The number of carbonyl (C=O) groups excluding carboxylic acids is 1. The van der Waals surface area contributed by atoms with Crippen molar-refractivity contribution in [3.8, 4) is 0 Å². The molecule has 0 bridgehead atoms. The molecule has 0 aromatic heterocycles. The number of allylic oxidation sites excluding steroid dienone is 5. The van der Waals surface area contributed by atoms with Gasteiger partial charge in [-0.3, -0.25) is 0 Å². The van der Waals surface area contributed by atoms with Crippen molar-refractivity contribution in [2.45, 2.75) is 38.5 Å². The first-order valence-electron chi connectivity index (χ1n) is 12.1. The molecule has 0 amide bonds. The number of hydrogen-bond acceptors (Lipinski definition) is 2. The predicted molar refractivity (Wildman–Crippen MR) is 153 cm³/mol. The first-order chi connectivity index (χ1) is 16.9. The van der Waals surface area contributed by atoms with Crippen LogP contribution >= 0.6 is 34.8 Å². The zero-order valence-corrected chi connectivity index (χ0v) is 23.1. The molecule has 0 radical (unpaired) electrons. The highest BCUT2D eigenvalue weighted by molar-refractivity contribution is 6.35. The van der Waals surface area contributed by atoms with E-state index in [-0.39, 0.29) is 23.7 Å². The third kappa shape index (κ3) is 8.65. The van der Waals surface area contributed by atoms with Gasteiger partial charge in [-0.2, -0.15) is 0 Å². The average Bonchev–Trinajstić information content (AvgIpc) is 2.85. The maximum absolute atomic E-state index is 11.9. The maximum Gasteiger partial charge on any atom is 0.123 e. The fraction of sp³-hybridized carbons (Fsp3) is 0.367. The molecule has 35 heavy (non-hydrogen) atoms. The Morgan fingerprint density at radius 1 is 1.00 bits per heavy atom. The molecule has 2 aromatic rings. The topological polar surface area (TPSA) is 20.3 Å². The summed E-state index contributed by atoms with van der Waals surface area (Å²) < 4.78 is 0. The number of nitrogens with zero attached hydrogens (tertiary/aromatic N) is 1. The lowest BCUT2D eigenvalue weighted by atomic mass is 9.62. The van der Waals surface area contributed by atoms with Gasteiger partial charge < -0.3 is 9.69 Å². The van der Waals surface area contributed by atoms with Crippen molar-refractivity contribution >= 4 is 41.1 Å². The molecule has 188 valence electrons. The number of halogens is 3. The molecule has 4 unspecified atom stereocenters. The highest BCUT2D eigenvalue weighted by Gasteiger charge is 2.41. The van der Waals surface area contributed by atoms with Crippen LogP contribution in [-0.4, -0.2) is 31.3 Å². The van der Waals surface area contributed by atoms with Gasteiger partial charge in [0.2, 0.25) is 0 Å². The van der Waals surface area contributed by atoms with Crippen molar-refractivity contribution in [1.82, 2.24) is 4.90 Å². The summed E-state index contributed by atoms with van der Waals surface area (Å²) in [5.74, 6) is 0.678. The molecule has 2 nitrogen and oxygen atoms in total. The fourth-order valence-electron chi connectivity index (χ4n) is 4.81. The Morgan fingerprint density at radius 3 is 2.26 bits per heavy atom. The van der Waals surface area contributed by atoms with E-state index in [1.807, 2.05) is 61.6 Å². The quantitative estimate of drug-likeness (QED) is 0.250. The third-order valence-corrected chi connectivity index (χ3v) is 7.47. The van der Waals surface area contributed by atoms with E-state index in [0.29, 0.717) is 10.0 Å². The number of carbonyl (C=O) groups is 1. The van der Waals surface area contributed by atoms with Gasteiger partial charge in [0.15, 0.2) is 0 Å². The number of hydrogen-bond donors (Lipinski definition) is 0. The average molecular weight is 533 g/mol. The lowest BCUT2D eigenvalue weighted by Crippen LogP contribution is -2.40. The van der Waals surface area contributed by atoms with Gasteiger partial charge in [0.05, 0.1) is 0 Å². The van der Waals surface area contributed by atoms with Crippen LogP contribution in [0.5, 0.6) is 0 Å². The van der Waals surface area contributed by atoms with Crippen molar-refractivity contribution in [1.29, 1.82) is 0 Å². The van der Waals surface area contributed by atoms with Gasteiger partial charge in [-0.25, -0.2) is 0 Å². The van der Waals surface area contributed by atoms with Crippen LogP contribution in [0.25, 0.3) is 0 Å². The van der Waals surface area contributed by atoms with Crippen LogP contribution in [0.1, 0.15) is 49.7 Å². The van der Waals surface area contributed by atoms with E-state index >= 15 is 0 Å². The van der Waals surface area contributed by atoms with Crippen molar-refractivity contribution in [3.05, 3.63) is 106 Å². The molecule has 0 saturated heterocycles. The minimum atomic E-state index is 0.0389. The van der Waals surface area contributed by atoms with Crippen molar-refractivity contribution in [3.63, 3.8) is 0 Å². The number of aldehydes is 1. The van der Waals surface area contributed by atoms with E-state index in [2.05, 4.69) is 37.6 Å². The van der Waals surface area contributed by atoms with Crippen LogP contribution in [-0.2, 0) is 4.79 Å². The molecule has 0 heterocycles. The molecular weight excluding hydrogens is 497 g/mol. The summed E-state index contributed by atoms with van der Waals surface area (Å²) >= 11 is 18.9. The van der Waals surface area contributed by atoms with Gasteiger partial charge in [-0.05, 0) is 86.5 Å². The van der Waals surface area contributed by atoms with Gasteiger partial charge in [-0.15, -0.1) is 0 Å².